The summed E-state index contributed by atoms with van der Waals surface area (Å²) in [5, 5.41) is 0.242. The fourth-order valence-corrected chi connectivity index (χ4v) is 5.64. The number of benzene rings is 3. The van der Waals surface area contributed by atoms with Crippen LogP contribution in [0.25, 0.3) is 11.0 Å². The number of nitrogens with one attached hydrogen (secondary N) is 1. The van der Waals surface area contributed by atoms with Crippen molar-refractivity contribution in [2.24, 2.45) is 0 Å². The van der Waals surface area contributed by atoms with E-state index in [9.17, 15) is 8.42 Å². The van der Waals surface area contributed by atoms with Crippen LogP contribution >= 0.6 is 34.8 Å². The third-order valence-electron chi connectivity index (χ3n) is 5.45. The Bertz CT molecular complexity index is 1470. The number of sulfonamides is 1. The van der Waals surface area contributed by atoms with E-state index in [0.29, 0.717) is 17.7 Å². The summed E-state index contributed by atoms with van der Waals surface area (Å²) >= 11 is 18.2. The van der Waals surface area contributed by atoms with E-state index in [2.05, 4.69) is 9.71 Å². The summed E-state index contributed by atoms with van der Waals surface area (Å²) in [6, 6.07) is 12.3. The lowest BCUT2D eigenvalue weighted by atomic mass is 10.1. The number of anilines is 1. The summed E-state index contributed by atoms with van der Waals surface area (Å²) in [4.78, 5) is 4.35. The maximum atomic E-state index is 13.2. The number of hydrogen-bond acceptors (Lipinski definition) is 4. The van der Waals surface area contributed by atoms with E-state index in [4.69, 9.17) is 39.5 Å². The highest BCUT2D eigenvalue weighted by Crippen LogP contribution is 2.35. The molecular weight excluding hydrogens is 505 g/mol. The number of aryl methyl sites for hydroxylation is 1. The Kier molecular flexibility index (Phi) is 6.51. The van der Waals surface area contributed by atoms with E-state index in [1.54, 1.807) is 13.4 Å². The van der Waals surface area contributed by atoms with Gasteiger partial charge in [0, 0.05) is 6.54 Å². The van der Waals surface area contributed by atoms with Crippen molar-refractivity contribution in [1.29, 1.82) is 0 Å². The van der Waals surface area contributed by atoms with Crippen LogP contribution in [0.15, 0.2) is 53.7 Å². The van der Waals surface area contributed by atoms with Crippen LogP contribution in [0.3, 0.4) is 0 Å². The Labute approximate surface area is 207 Å². The van der Waals surface area contributed by atoms with Crippen LogP contribution in [0, 0.1) is 13.8 Å². The molecule has 0 unspecified atom stereocenters. The summed E-state index contributed by atoms with van der Waals surface area (Å²) < 4.78 is 36.3. The third-order valence-corrected chi connectivity index (χ3v) is 7.98. The quantitative estimate of drug-likeness (QED) is 0.293. The summed E-state index contributed by atoms with van der Waals surface area (Å²) in [6.07, 6.45) is 1.69. The van der Waals surface area contributed by atoms with Crippen molar-refractivity contribution in [3.05, 3.63) is 80.6 Å². The summed E-state index contributed by atoms with van der Waals surface area (Å²) in [5.41, 5.74) is 4.45. The van der Waals surface area contributed by atoms with Gasteiger partial charge in [-0.25, -0.2) is 13.4 Å². The van der Waals surface area contributed by atoms with Gasteiger partial charge in [0.1, 0.15) is 16.2 Å². The van der Waals surface area contributed by atoms with Crippen molar-refractivity contribution >= 4 is 61.5 Å². The summed E-state index contributed by atoms with van der Waals surface area (Å²) in [7, 11) is -2.44. The summed E-state index contributed by atoms with van der Waals surface area (Å²) in [5.74, 6) is 0.776. The maximum Gasteiger partial charge on any atom is 0.263 e. The van der Waals surface area contributed by atoms with Crippen LogP contribution in [0.4, 0.5) is 5.69 Å². The molecule has 0 fully saturated rings. The molecule has 3 aromatic carbocycles. The first-order valence-electron chi connectivity index (χ1n) is 9.86. The molecule has 6 nitrogen and oxygen atoms in total. The predicted octanol–water partition coefficient (Wildman–Crippen LogP) is 6.47. The molecule has 0 aliphatic heterocycles. The normalized spacial score (nSPS) is 11.7. The SMILES string of the molecule is COc1ccc(Cn2cnc3c(NS(=O)(=O)c4cc(Cl)c(Cl)cc4Cl)c(C)c(C)cc32)cc1. The van der Waals surface area contributed by atoms with Crippen molar-refractivity contribution in [3.8, 4) is 5.75 Å². The second-order valence-corrected chi connectivity index (χ2v) is 10.5. The molecule has 1 N–H and O–H groups in total. The number of aromatic nitrogens is 2. The van der Waals surface area contributed by atoms with Gasteiger partial charge in [0.25, 0.3) is 10.0 Å². The number of nitrogens with zero attached hydrogens (tertiary/aromatic N) is 2. The Balaban J connectivity index is 1.76. The largest absolute Gasteiger partial charge is 0.497 e. The van der Waals surface area contributed by atoms with Crippen LogP contribution in [-0.2, 0) is 16.6 Å². The van der Waals surface area contributed by atoms with Gasteiger partial charge in [-0.05, 0) is 60.9 Å². The lowest BCUT2D eigenvalue weighted by Gasteiger charge is -2.15. The second kappa shape index (κ2) is 9.06. The summed E-state index contributed by atoms with van der Waals surface area (Å²) in [6.45, 7) is 4.32. The van der Waals surface area contributed by atoms with E-state index >= 15 is 0 Å². The molecule has 172 valence electrons. The number of methoxy groups -OCH3 is 1. The average Bonchev–Trinajstić information content (AvgIpc) is 3.16. The van der Waals surface area contributed by atoms with Gasteiger partial charge < -0.3 is 9.30 Å². The number of ether oxygens (including phenoxy) is 1. The molecule has 0 bridgehead atoms. The first-order chi connectivity index (χ1) is 15.6. The molecule has 0 amide bonds. The van der Waals surface area contributed by atoms with Gasteiger partial charge in [-0.15, -0.1) is 0 Å². The van der Waals surface area contributed by atoms with Crippen LogP contribution in [0.1, 0.15) is 16.7 Å². The fourth-order valence-electron chi connectivity index (χ4n) is 3.50. The molecule has 0 saturated carbocycles. The van der Waals surface area contributed by atoms with Gasteiger partial charge in [-0.1, -0.05) is 46.9 Å². The van der Waals surface area contributed by atoms with Crippen LogP contribution < -0.4 is 9.46 Å². The van der Waals surface area contributed by atoms with E-state index in [1.807, 2.05) is 48.7 Å². The lowest BCUT2D eigenvalue weighted by Crippen LogP contribution is -2.15. The zero-order valence-corrected chi connectivity index (χ0v) is 21.1. The van der Waals surface area contributed by atoms with E-state index in [0.717, 1.165) is 28.0 Å². The molecule has 0 radical (unpaired) electrons. The van der Waals surface area contributed by atoms with E-state index in [1.165, 1.54) is 12.1 Å². The number of hydrogen-bond donors (Lipinski definition) is 1. The minimum Gasteiger partial charge on any atom is -0.497 e. The molecule has 0 saturated heterocycles. The Morgan fingerprint density at radius 3 is 2.33 bits per heavy atom. The smallest absolute Gasteiger partial charge is 0.263 e. The Morgan fingerprint density at radius 1 is 1.00 bits per heavy atom. The van der Waals surface area contributed by atoms with Crippen LogP contribution in [0.5, 0.6) is 5.75 Å². The molecule has 33 heavy (non-hydrogen) atoms. The molecule has 0 spiro atoms. The third kappa shape index (κ3) is 4.64. The fraction of sp³-hybridized carbons (Fsp3) is 0.174. The highest BCUT2D eigenvalue weighted by Gasteiger charge is 2.23. The molecule has 4 aromatic rings. The highest BCUT2D eigenvalue weighted by atomic mass is 35.5. The molecule has 0 atom stereocenters. The number of fused-ring (bicyclic) bond motifs is 1. The first-order valence-corrected chi connectivity index (χ1v) is 12.5. The minimum absolute atomic E-state index is 0.0246. The average molecular weight is 525 g/mol. The number of rotatable bonds is 6. The molecule has 1 heterocycles. The topological polar surface area (TPSA) is 73.2 Å². The van der Waals surface area contributed by atoms with Crippen molar-refractivity contribution in [2.45, 2.75) is 25.3 Å². The molecule has 0 aliphatic rings. The Hall–Kier alpha value is -2.45. The number of halogens is 3. The van der Waals surface area contributed by atoms with Gasteiger partial charge in [0.05, 0.1) is 39.7 Å². The van der Waals surface area contributed by atoms with Crippen LogP contribution in [0.2, 0.25) is 15.1 Å². The van der Waals surface area contributed by atoms with Gasteiger partial charge in [-0.3, -0.25) is 4.72 Å². The van der Waals surface area contributed by atoms with Gasteiger partial charge >= 0.3 is 0 Å². The van der Waals surface area contributed by atoms with Gasteiger partial charge in [0.2, 0.25) is 0 Å². The zero-order valence-electron chi connectivity index (χ0n) is 18.0. The monoisotopic (exact) mass is 523 g/mol. The molecule has 0 aliphatic carbocycles. The van der Waals surface area contributed by atoms with Crippen molar-refractivity contribution in [1.82, 2.24) is 9.55 Å². The van der Waals surface area contributed by atoms with Crippen molar-refractivity contribution < 1.29 is 13.2 Å². The molecule has 1 aromatic heterocycles. The molecule has 10 heteroatoms. The predicted molar refractivity (Wildman–Crippen MR) is 134 cm³/mol. The Morgan fingerprint density at radius 2 is 1.67 bits per heavy atom. The lowest BCUT2D eigenvalue weighted by molar-refractivity contribution is 0.414. The van der Waals surface area contributed by atoms with E-state index in [-0.39, 0.29) is 20.0 Å². The standard InChI is InChI=1S/C23H20Cl3N3O3S/c1-13-8-20-23(27-12-29(20)11-15-4-6-16(32-3)7-5-15)22(14(13)2)28-33(30,31)21-10-18(25)17(24)9-19(21)26/h4-10,12,28H,11H2,1-3H3. The second-order valence-electron chi connectivity index (χ2n) is 7.58. The molecule has 4 rings (SSSR count). The number of imidazole rings is 1. The van der Waals surface area contributed by atoms with Gasteiger partial charge in [-0.2, -0.15) is 0 Å². The van der Waals surface area contributed by atoms with Crippen LogP contribution in [-0.4, -0.2) is 25.1 Å². The van der Waals surface area contributed by atoms with Gasteiger partial charge in [0.15, 0.2) is 0 Å². The highest BCUT2D eigenvalue weighted by molar-refractivity contribution is 7.92. The first kappa shape index (κ1) is 23.7. The van der Waals surface area contributed by atoms with Crippen molar-refractivity contribution in [3.63, 3.8) is 0 Å². The van der Waals surface area contributed by atoms with E-state index < -0.39 is 10.0 Å². The van der Waals surface area contributed by atoms with Crippen molar-refractivity contribution in [2.75, 3.05) is 11.8 Å². The zero-order chi connectivity index (χ0) is 23.9. The maximum absolute atomic E-state index is 13.2. The molecular formula is C23H20Cl3N3O3S. The minimum atomic E-state index is -4.06.